The predicted molar refractivity (Wildman–Crippen MR) is 129 cm³/mol. The Morgan fingerprint density at radius 1 is 0.941 bits per heavy atom. The van der Waals surface area contributed by atoms with Crippen molar-refractivity contribution < 1.29 is 28.8 Å². The molecule has 3 rings (SSSR count). The maximum atomic E-state index is 12.4. The lowest BCUT2D eigenvalue weighted by atomic mass is 10.1. The summed E-state index contributed by atoms with van der Waals surface area (Å²) in [6.07, 6.45) is 0.684. The molecule has 3 aromatic rings. The molecule has 0 saturated carbocycles. The molecule has 0 atom stereocenters. The number of nitrogens with one attached hydrogen (secondary N) is 1. The monoisotopic (exact) mass is 466 g/mol. The maximum Gasteiger partial charge on any atom is 0.251 e. The Morgan fingerprint density at radius 3 is 2.56 bits per heavy atom. The van der Waals surface area contributed by atoms with Gasteiger partial charge in [-0.3, -0.25) is 4.79 Å². The van der Waals surface area contributed by atoms with Crippen LogP contribution in [0.2, 0.25) is 0 Å². The minimum atomic E-state index is -0.197. The third-order valence-electron chi connectivity index (χ3n) is 5.00. The number of amides is 1. The van der Waals surface area contributed by atoms with E-state index in [0.717, 1.165) is 11.1 Å². The highest BCUT2D eigenvalue weighted by molar-refractivity contribution is 5.95. The van der Waals surface area contributed by atoms with Crippen molar-refractivity contribution in [2.45, 2.75) is 6.42 Å². The number of carbonyl (C=O) groups is 1. The van der Waals surface area contributed by atoms with Gasteiger partial charge < -0.3 is 29.4 Å². The first-order valence-electron chi connectivity index (χ1n) is 11.0. The smallest absolute Gasteiger partial charge is 0.251 e. The zero-order chi connectivity index (χ0) is 24.2. The van der Waals surface area contributed by atoms with Crippen LogP contribution >= 0.6 is 0 Å². The summed E-state index contributed by atoms with van der Waals surface area (Å²) in [6.45, 7) is 1.37. The normalized spacial score (nSPS) is 10.6. The highest BCUT2D eigenvalue weighted by Gasteiger charge is 2.09. The number of methoxy groups -OCH3 is 2. The van der Waals surface area contributed by atoms with Crippen LogP contribution < -0.4 is 19.5 Å². The van der Waals surface area contributed by atoms with Crippen LogP contribution in [-0.4, -0.2) is 63.2 Å². The lowest BCUT2D eigenvalue weighted by Crippen LogP contribution is -2.27. The summed E-state index contributed by atoms with van der Waals surface area (Å²) >= 11 is 0. The van der Waals surface area contributed by atoms with Crippen LogP contribution in [0, 0.1) is 0 Å². The molecule has 1 amide bonds. The second kappa shape index (κ2) is 13.2. The average Bonchev–Trinajstić information content (AvgIpc) is 2.88. The zero-order valence-electron chi connectivity index (χ0n) is 19.5. The van der Waals surface area contributed by atoms with Gasteiger partial charge in [0.25, 0.3) is 5.91 Å². The molecule has 34 heavy (non-hydrogen) atoms. The molecular weight excluding hydrogens is 436 g/mol. The minimum Gasteiger partial charge on any atom is -0.493 e. The summed E-state index contributed by atoms with van der Waals surface area (Å²) in [5.74, 6) is 1.68. The minimum absolute atomic E-state index is 0.0397. The number of aromatic nitrogens is 1. The van der Waals surface area contributed by atoms with E-state index in [0.29, 0.717) is 54.8 Å². The van der Waals surface area contributed by atoms with Crippen LogP contribution in [0.25, 0.3) is 11.3 Å². The molecule has 0 radical (unpaired) electrons. The van der Waals surface area contributed by atoms with Crippen molar-refractivity contribution in [1.29, 1.82) is 0 Å². The van der Waals surface area contributed by atoms with E-state index in [4.69, 9.17) is 24.1 Å². The first kappa shape index (κ1) is 25.0. The van der Waals surface area contributed by atoms with Gasteiger partial charge in [-0.15, -0.1) is 0 Å². The summed E-state index contributed by atoms with van der Waals surface area (Å²) in [5.41, 5.74) is 3.12. The van der Waals surface area contributed by atoms with Crippen molar-refractivity contribution in [3.8, 4) is 28.6 Å². The van der Waals surface area contributed by atoms with Gasteiger partial charge in [0.1, 0.15) is 0 Å². The highest BCUT2D eigenvalue weighted by Crippen LogP contribution is 2.28. The Labute approximate surface area is 199 Å². The number of benzene rings is 2. The van der Waals surface area contributed by atoms with E-state index in [1.165, 1.54) is 0 Å². The Kier molecular flexibility index (Phi) is 9.69. The highest BCUT2D eigenvalue weighted by atomic mass is 16.5. The van der Waals surface area contributed by atoms with E-state index < -0.39 is 0 Å². The Balaban J connectivity index is 1.59. The maximum absolute atomic E-state index is 12.4. The zero-order valence-corrected chi connectivity index (χ0v) is 19.5. The van der Waals surface area contributed by atoms with E-state index in [1.54, 1.807) is 32.4 Å². The summed E-state index contributed by atoms with van der Waals surface area (Å²) in [6, 6.07) is 18.6. The van der Waals surface area contributed by atoms with Crippen LogP contribution in [0.15, 0.2) is 60.7 Å². The number of ether oxygens (including phenoxy) is 4. The van der Waals surface area contributed by atoms with Gasteiger partial charge in [0.2, 0.25) is 5.88 Å². The van der Waals surface area contributed by atoms with E-state index in [9.17, 15) is 4.79 Å². The number of aliphatic hydroxyl groups is 1. The van der Waals surface area contributed by atoms with Gasteiger partial charge in [-0.05, 0) is 35.9 Å². The fraction of sp³-hybridized carbons (Fsp3) is 0.308. The molecular formula is C26H30N2O6. The van der Waals surface area contributed by atoms with Gasteiger partial charge in [-0.2, -0.15) is 0 Å². The van der Waals surface area contributed by atoms with Gasteiger partial charge in [-0.1, -0.05) is 24.3 Å². The van der Waals surface area contributed by atoms with Crippen molar-refractivity contribution in [3.05, 3.63) is 71.8 Å². The molecule has 0 aliphatic rings. The summed E-state index contributed by atoms with van der Waals surface area (Å²) in [7, 11) is 3.22. The van der Waals surface area contributed by atoms with Crippen LogP contribution in [0.3, 0.4) is 0 Å². The summed E-state index contributed by atoms with van der Waals surface area (Å²) in [4.78, 5) is 17.0. The van der Waals surface area contributed by atoms with Gasteiger partial charge in [0, 0.05) is 30.2 Å². The summed E-state index contributed by atoms with van der Waals surface area (Å²) < 4.78 is 21.6. The fourth-order valence-corrected chi connectivity index (χ4v) is 3.29. The van der Waals surface area contributed by atoms with Crippen molar-refractivity contribution in [2.75, 3.05) is 47.2 Å². The van der Waals surface area contributed by atoms with Gasteiger partial charge >= 0.3 is 0 Å². The third kappa shape index (κ3) is 7.19. The first-order chi connectivity index (χ1) is 16.6. The topological polar surface area (TPSA) is 99.1 Å². The van der Waals surface area contributed by atoms with Crippen LogP contribution in [0.5, 0.6) is 17.4 Å². The molecule has 2 N–H and O–H groups in total. The van der Waals surface area contributed by atoms with E-state index >= 15 is 0 Å². The predicted octanol–water partition coefficient (Wildman–Crippen LogP) is 3.13. The standard InChI is InChI=1S/C26H30N2O6/c1-31-23-10-9-19(17-24(23)32-2)11-14-34-25-8-4-7-22(28-25)20-5-3-6-21(18-20)26(30)27-12-15-33-16-13-29/h3-10,17-18,29H,11-16H2,1-2H3,(H,27,30). The van der Waals surface area contributed by atoms with Crippen LogP contribution in [-0.2, 0) is 11.2 Å². The molecule has 0 aliphatic carbocycles. The number of hydrogen-bond donors (Lipinski definition) is 2. The van der Waals surface area contributed by atoms with E-state index in [1.807, 2.05) is 42.5 Å². The van der Waals surface area contributed by atoms with E-state index in [-0.39, 0.29) is 19.1 Å². The van der Waals surface area contributed by atoms with Crippen molar-refractivity contribution in [2.24, 2.45) is 0 Å². The van der Waals surface area contributed by atoms with Crippen LogP contribution in [0.4, 0.5) is 0 Å². The Hall–Kier alpha value is -3.62. The SMILES string of the molecule is COc1ccc(CCOc2cccc(-c3cccc(C(=O)NCCOCCO)c3)n2)cc1OC. The lowest BCUT2D eigenvalue weighted by Gasteiger charge is -2.11. The number of pyridine rings is 1. The number of nitrogens with zero attached hydrogens (tertiary/aromatic N) is 1. The lowest BCUT2D eigenvalue weighted by molar-refractivity contribution is 0.0838. The molecule has 8 heteroatoms. The molecule has 8 nitrogen and oxygen atoms in total. The van der Waals surface area contributed by atoms with Gasteiger partial charge in [0.05, 0.1) is 46.3 Å². The molecule has 0 bridgehead atoms. The second-order valence-electron chi connectivity index (χ2n) is 7.32. The molecule has 0 spiro atoms. The quantitative estimate of drug-likeness (QED) is 0.374. The summed E-state index contributed by atoms with van der Waals surface area (Å²) in [5, 5.41) is 11.5. The second-order valence-corrected chi connectivity index (χ2v) is 7.32. The van der Waals surface area contributed by atoms with E-state index in [2.05, 4.69) is 10.3 Å². The molecule has 2 aromatic carbocycles. The van der Waals surface area contributed by atoms with Crippen molar-refractivity contribution in [3.63, 3.8) is 0 Å². The molecule has 0 aliphatic heterocycles. The number of aliphatic hydroxyl groups excluding tert-OH is 1. The van der Waals surface area contributed by atoms with Crippen LogP contribution in [0.1, 0.15) is 15.9 Å². The van der Waals surface area contributed by atoms with Gasteiger partial charge in [0.15, 0.2) is 11.5 Å². The Bertz CT molecular complexity index is 1070. The largest absolute Gasteiger partial charge is 0.493 e. The molecule has 0 fully saturated rings. The number of carbonyl (C=O) groups excluding carboxylic acids is 1. The molecule has 0 unspecified atom stereocenters. The van der Waals surface area contributed by atoms with Gasteiger partial charge in [-0.25, -0.2) is 4.98 Å². The van der Waals surface area contributed by atoms with Crippen molar-refractivity contribution in [1.82, 2.24) is 10.3 Å². The molecule has 0 saturated heterocycles. The Morgan fingerprint density at radius 2 is 1.76 bits per heavy atom. The first-order valence-corrected chi connectivity index (χ1v) is 11.0. The number of hydrogen-bond acceptors (Lipinski definition) is 7. The molecule has 180 valence electrons. The third-order valence-corrected chi connectivity index (χ3v) is 5.00. The van der Waals surface area contributed by atoms with Crippen molar-refractivity contribution >= 4 is 5.91 Å². The number of rotatable bonds is 13. The molecule has 1 heterocycles. The average molecular weight is 467 g/mol. The fourth-order valence-electron chi connectivity index (χ4n) is 3.29. The molecule has 1 aromatic heterocycles.